The molecule has 18 heavy (non-hydrogen) atoms. The van der Waals surface area contributed by atoms with Crippen LogP contribution in [-0.4, -0.2) is 31.2 Å². The molecule has 1 aliphatic heterocycles. The van der Waals surface area contributed by atoms with Gasteiger partial charge in [0.05, 0.1) is 6.61 Å². The lowest BCUT2D eigenvalue weighted by Gasteiger charge is -2.26. The molecule has 1 aromatic rings. The normalized spacial score (nSPS) is 15.4. The fourth-order valence-electron chi connectivity index (χ4n) is 1.87. The number of hydrogen-bond donors (Lipinski definition) is 1. The fourth-order valence-corrected chi connectivity index (χ4v) is 2.93. The van der Waals surface area contributed by atoms with Crippen molar-refractivity contribution in [2.45, 2.75) is 20.3 Å². The predicted molar refractivity (Wildman–Crippen MR) is 79.7 cm³/mol. The molecule has 3 heteroatoms. The number of ether oxygens (including phenoxy) is 1. The zero-order chi connectivity index (χ0) is 12.8. The van der Waals surface area contributed by atoms with Crippen molar-refractivity contribution in [1.82, 2.24) is 5.32 Å². The topological polar surface area (TPSA) is 21.3 Å². The molecule has 1 aromatic carbocycles. The number of hydrogen-bond acceptors (Lipinski definition) is 3. The molecule has 0 aliphatic carbocycles. The minimum absolute atomic E-state index is 0.832. The van der Waals surface area contributed by atoms with Crippen LogP contribution in [0.2, 0.25) is 0 Å². The van der Waals surface area contributed by atoms with Gasteiger partial charge in [0, 0.05) is 0 Å². The van der Waals surface area contributed by atoms with Gasteiger partial charge in [0.1, 0.15) is 5.75 Å². The summed E-state index contributed by atoms with van der Waals surface area (Å²) in [5, 5.41) is 3.31. The van der Waals surface area contributed by atoms with Crippen LogP contribution in [0.1, 0.15) is 17.5 Å². The zero-order valence-electron chi connectivity index (χ0n) is 11.4. The quantitative estimate of drug-likeness (QED) is 0.766. The van der Waals surface area contributed by atoms with E-state index in [0.29, 0.717) is 0 Å². The van der Waals surface area contributed by atoms with Gasteiger partial charge in [-0.25, -0.2) is 0 Å². The Balaban J connectivity index is 1.55. The van der Waals surface area contributed by atoms with Crippen LogP contribution in [0.5, 0.6) is 5.75 Å². The molecular weight excluding hydrogens is 242 g/mol. The summed E-state index contributed by atoms with van der Waals surface area (Å²) in [7, 11) is 0. The van der Waals surface area contributed by atoms with Crippen LogP contribution in [-0.2, 0) is 0 Å². The van der Waals surface area contributed by atoms with Crippen molar-refractivity contribution in [1.29, 1.82) is 0 Å². The second kappa shape index (κ2) is 7.05. The molecule has 0 amide bonds. The summed E-state index contributed by atoms with van der Waals surface area (Å²) in [6.07, 6.45) is 1.14. The summed E-state index contributed by atoms with van der Waals surface area (Å²) in [5.74, 6) is 4.43. The molecule has 0 unspecified atom stereocenters. The molecular formula is C15H23NOS. The van der Waals surface area contributed by atoms with Crippen molar-refractivity contribution >= 4 is 11.8 Å². The van der Waals surface area contributed by atoms with Crippen molar-refractivity contribution in [2.75, 3.05) is 31.2 Å². The van der Waals surface area contributed by atoms with Crippen LogP contribution in [0.25, 0.3) is 0 Å². The van der Waals surface area contributed by atoms with E-state index in [4.69, 9.17) is 4.74 Å². The Kier molecular flexibility index (Phi) is 5.39. The SMILES string of the molecule is Cc1ccc(OCCCSCC2CNC2)cc1C. The van der Waals surface area contributed by atoms with Gasteiger partial charge in [-0.2, -0.15) is 11.8 Å². The number of benzene rings is 1. The maximum atomic E-state index is 5.76. The fraction of sp³-hybridized carbons (Fsp3) is 0.600. The van der Waals surface area contributed by atoms with E-state index >= 15 is 0 Å². The molecule has 0 radical (unpaired) electrons. The van der Waals surface area contributed by atoms with Gasteiger partial charge in [0.25, 0.3) is 0 Å². The van der Waals surface area contributed by atoms with Gasteiger partial charge < -0.3 is 10.1 Å². The molecule has 1 heterocycles. The lowest BCUT2D eigenvalue weighted by atomic mass is 10.1. The molecule has 0 saturated carbocycles. The standard InChI is InChI=1S/C15H23NOS/c1-12-4-5-15(8-13(12)2)17-6-3-7-18-11-14-9-16-10-14/h4-5,8,14,16H,3,6-7,9-11H2,1-2H3. The van der Waals surface area contributed by atoms with Gasteiger partial charge in [-0.15, -0.1) is 0 Å². The Morgan fingerprint density at radius 1 is 1.28 bits per heavy atom. The molecule has 100 valence electrons. The maximum Gasteiger partial charge on any atom is 0.119 e. The third kappa shape index (κ3) is 4.21. The molecule has 0 bridgehead atoms. The summed E-state index contributed by atoms with van der Waals surface area (Å²) in [4.78, 5) is 0. The van der Waals surface area contributed by atoms with E-state index in [9.17, 15) is 0 Å². The highest BCUT2D eigenvalue weighted by Gasteiger charge is 2.15. The van der Waals surface area contributed by atoms with Gasteiger partial charge in [-0.1, -0.05) is 6.07 Å². The monoisotopic (exact) mass is 265 g/mol. The number of nitrogens with one attached hydrogen (secondary N) is 1. The number of rotatable bonds is 7. The smallest absolute Gasteiger partial charge is 0.119 e. The summed E-state index contributed by atoms with van der Waals surface area (Å²) in [5.41, 5.74) is 2.63. The number of aryl methyl sites for hydroxylation is 2. The molecule has 2 rings (SSSR count). The van der Waals surface area contributed by atoms with E-state index in [2.05, 4.69) is 49.1 Å². The third-order valence-electron chi connectivity index (χ3n) is 3.40. The maximum absolute atomic E-state index is 5.76. The summed E-state index contributed by atoms with van der Waals surface area (Å²) in [6, 6.07) is 6.32. The summed E-state index contributed by atoms with van der Waals surface area (Å²) < 4.78 is 5.76. The summed E-state index contributed by atoms with van der Waals surface area (Å²) in [6.45, 7) is 7.52. The highest BCUT2D eigenvalue weighted by Crippen LogP contribution is 2.17. The van der Waals surface area contributed by atoms with Crippen LogP contribution in [0.3, 0.4) is 0 Å². The van der Waals surface area contributed by atoms with E-state index in [1.54, 1.807) is 0 Å². The Hall–Kier alpha value is -0.670. The van der Waals surface area contributed by atoms with E-state index in [1.165, 1.54) is 35.7 Å². The number of thioether (sulfide) groups is 1. The summed E-state index contributed by atoms with van der Waals surface area (Å²) >= 11 is 2.06. The van der Waals surface area contributed by atoms with Crippen LogP contribution in [0.15, 0.2) is 18.2 Å². The van der Waals surface area contributed by atoms with Crippen LogP contribution in [0.4, 0.5) is 0 Å². The zero-order valence-corrected chi connectivity index (χ0v) is 12.2. The van der Waals surface area contributed by atoms with Crippen molar-refractivity contribution in [2.24, 2.45) is 5.92 Å². The van der Waals surface area contributed by atoms with Crippen molar-refractivity contribution in [3.63, 3.8) is 0 Å². The second-order valence-corrected chi connectivity index (χ2v) is 6.20. The molecule has 1 aliphatic rings. The minimum Gasteiger partial charge on any atom is -0.494 e. The Bertz CT molecular complexity index is 377. The van der Waals surface area contributed by atoms with Gasteiger partial charge >= 0.3 is 0 Å². The second-order valence-electron chi connectivity index (χ2n) is 5.05. The highest BCUT2D eigenvalue weighted by molar-refractivity contribution is 7.99. The van der Waals surface area contributed by atoms with E-state index < -0.39 is 0 Å². The van der Waals surface area contributed by atoms with Crippen LogP contribution in [0, 0.1) is 19.8 Å². The molecule has 0 aromatic heterocycles. The van der Waals surface area contributed by atoms with Crippen molar-refractivity contribution in [3.05, 3.63) is 29.3 Å². The Labute approximate surface area is 114 Å². The van der Waals surface area contributed by atoms with Crippen molar-refractivity contribution in [3.8, 4) is 5.75 Å². The van der Waals surface area contributed by atoms with Gasteiger partial charge in [-0.3, -0.25) is 0 Å². The van der Waals surface area contributed by atoms with Gasteiger partial charge in [-0.05, 0) is 74.0 Å². The first-order valence-corrected chi connectivity index (χ1v) is 7.89. The first-order valence-electron chi connectivity index (χ1n) is 6.74. The van der Waals surface area contributed by atoms with Crippen LogP contribution < -0.4 is 10.1 Å². The molecule has 0 atom stereocenters. The first-order chi connectivity index (χ1) is 8.75. The van der Waals surface area contributed by atoms with E-state index in [-0.39, 0.29) is 0 Å². The molecule has 2 nitrogen and oxygen atoms in total. The Morgan fingerprint density at radius 3 is 2.78 bits per heavy atom. The lowest BCUT2D eigenvalue weighted by molar-refractivity contribution is 0.318. The molecule has 1 saturated heterocycles. The Morgan fingerprint density at radius 2 is 2.11 bits per heavy atom. The van der Waals surface area contributed by atoms with Crippen LogP contribution >= 0.6 is 11.8 Å². The lowest BCUT2D eigenvalue weighted by Crippen LogP contribution is -2.43. The predicted octanol–water partition coefficient (Wildman–Crippen LogP) is 3.02. The molecule has 1 fully saturated rings. The average Bonchev–Trinajstić information content (AvgIpc) is 2.30. The first kappa shape index (κ1) is 13.8. The van der Waals surface area contributed by atoms with Gasteiger partial charge in [0.15, 0.2) is 0 Å². The van der Waals surface area contributed by atoms with E-state index in [0.717, 1.165) is 24.7 Å². The van der Waals surface area contributed by atoms with Crippen molar-refractivity contribution < 1.29 is 4.74 Å². The highest BCUT2D eigenvalue weighted by atomic mass is 32.2. The largest absolute Gasteiger partial charge is 0.494 e. The van der Waals surface area contributed by atoms with Gasteiger partial charge in [0.2, 0.25) is 0 Å². The minimum atomic E-state index is 0.832. The van der Waals surface area contributed by atoms with E-state index in [1.807, 2.05) is 0 Å². The average molecular weight is 265 g/mol. The molecule has 0 spiro atoms. The third-order valence-corrected chi connectivity index (χ3v) is 4.68. The molecule has 1 N–H and O–H groups in total.